The summed E-state index contributed by atoms with van der Waals surface area (Å²) in [5.41, 5.74) is 0. The molecule has 0 N–H and O–H groups in total. The van der Waals surface area contributed by atoms with Crippen LogP contribution in [0.2, 0.25) is 0 Å². The smallest absolute Gasteiger partial charge is 0.272 e. The lowest BCUT2D eigenvalue weighted by Crippen LogP contribution is -2.31. The molecule has 65 valence electrons. The third-order valence-corrected chi connectivity index (χ3v) is 2.22. The van der Waals surface area contributed by atoms with Crippen molar-refractivity contribution in [3.05, 3.63) is 16.5 Å². The third kappa shape index (κ3) is 1.34. The maximum absolute atomic E-state index is 11.1. The molecule has 1 radical (unpaired) electrons. The molecule has 0 aromatic rings. The first-order chi connectivity index (χ1) is 5.59. The summed E-state index contributed by atoms with van der Waals surface area (Å²) in [5.74, 6) is -1.05. The van der Waals surface area contributed by atoms with Crippen LogP contribution < -0.4 is 0 Å². The summed E-state index contributed by atoms with van der Waals surface area (Å²) in [6.45, 7) is 1.98. The zero-order valence-electron chi connectivity index (χ0n) is 6.30. The van der Waals surface area contributed by atoms with Crippen LogP contribution >= 0.6 is 23.2 Å². The Morgan fingerprint density at radius 2 is 1.67 bits per heavy atom. The summed E-state index contributed by atoms with van der Waals surface area (Å²) >= 11 is 10.9. The molecule has 0 unspecified atom stereocenters. The molecular weight excluding hydrogens is 201 g/mol. The zero-order chi connectivity index (χ0) is 9.30. The van der Waals surface area contributed by atoms with Crippen LogP contribution in [0.3, 0.4) is 0 Å². The molecule has 0 atom stereocenters. The van der Waals surface area contributed by atoms with Gasteiger partial charge in [-0.25, -0.2) is 0 Å². The van der Waals surface area contributed by atoms with E-state index < -0.39 is 11.8 Å². The van der Waals surface area contributed by atoms with Crippen LogP contribution in [0.25, 0.3) is 0 Å². The Kier molecular flexibility index (Phi) is 2.75. The zero-order valence-corrected chi connectivity index (χ0v) is 7.82. The molecule has 12 heavy (non-hydrogen) atoms. The van der Waals surface area contributed by atoms with E-state index in [1.807, 2.05) is 0 Å². The van der Waals surface area contributed by atoms with Gasteiger partial charge in [0.05, 0.1) is 0 Å². The Balaban J connectivity index is 2.88. The fourth-order valence-corrected chi connectivity index (χ4v) is 1.23. The van der Waals surface area contributed by atoms with Crippen LogP contribution in [0.5, 0.6) is 0 Å². The molecule has 1 rings (SSSR count). The van der Waals surface area contributed by atoms with Gasteiger partial charge in [0.1, 0.15) is 10.1 Å². The predicted octanol–water partition coefficient (Wildman–Crippen LogP) is 1.27. The number of rotatable bonds is 2. The monoisotopic (exact) mass is 206 g/mol. The fourth-order valence-electron chi connectivity index (χ4n) is 0.865. The van der Waals surface area contributed by atoms with Crippen molar-refractivity contribution >= 4 is 35.0 Å². The highest BCUT2D eigenvalue weighted by molar-refractivity contribution is 6.58. The van der Waals surface area contributed by atoms with Gasteiger partial charge in [-0.05, 0) is 6.42 Å². The second-order valence-corrected chi connectivity index (χ2v) is 3.01. The summed E-state index contributed by atoms with van der Waals surface area (Å²) in [7, 11) is 0. The molecular formula is C7H6Cl2NO2. The highest BCUT2D eigenvalue weighted by Gasteiger charge is 2.35. The van der Waals surface area contributed by atoms with Crippen LogP contribution in [0.1, 0.15) is 6.92 Å². The van der Waals surface area contributed by atoms with E-state index in [2.05, 4.69) is 0 Å². The van der Waals surface area contributed by atoms with Crippen LogP contribution in [0.4, 0.5) is 0 Å². The van der Waals surface area contributed by atoms with E-state index in [1.54, 1.807) is 13.3 Å². The van der Waals surface area contributed by atoms with E-state index in [1.165, 1.54) is 0 Å². The van der Waals surface area contributed by atoms with Gasteiger partial charge in [0.15, 0.2) is 0 Å². The predicted molar refractivity (Wildman–Crippen MR) is 45.4 cm³/mol. The van der Waals surface area contributed by atoms with E-state index in [-0.39, 0.29) is 16.6 Å². The first-order valence-electron chi connectivity index (χ1n) is 3.29. The van der Waals surface area contributed by atoms with E-state index in [4.69, 9.17) is 23.2 Å². The Morgan fingerprint density at radius 1 is 1.25 bits per heavy atom. The molecule has 0 saturated heterocycles. The van der Waals surface area contributed by atoms with Crippen molar-refractivity contribution in [1.29, 1.82) is 0 Å². The van der Waals surface area contributed by atoms with Gasteiger partial charge in [-0.15, -0.1) is 0 Å². The molecule has 1 aliphatic rings. The van der Waals surface area contributed by atoms with Gasteiger partial charge >= 0.3 is 0 Å². The molecule has 0 saturated carbocycles. The lowest BCUT2D eigenvalue weighted by molar-refractivity contribution is -0.136. The minimum atomic E-state index is -0.523. The number of carbonyl (C=O) groups is 2. The molecule has 5 heteroatoms. The maximum Gasteiger partial charge on any atom is 0.274 e. The van der Waals surface area contributed by atoms with Crippen LogP contribution in [0.15, 0.2) is 10.1 Å². The molecule has 0 fully saturated rings. The van der Waals surface area contributed by atoms with Crippen LogP contribution in [-0.2, 0) is 9.59 Å². The summed E-state index contributed by atoms with van der Waals surface area (Å²) in [4.78, 5) is 23.2. The molecule has 0 spiro atoms. The van der Waals surface area contributed by atoms with Crippen molar-refractivity contribution in [2.45, 2.75) is 6.92 Å². The van der Waals surface area contributed by atoms with Crippen molar-refractivity contribution in [3.63, 3.8) is 0 Å². The SMILES string of the molecule is C[CH]CN1C(=O)C(Cl)=C(Cl)C1=O. The number of imide groups is 1. The maximum atomic E-state index is 11.1. The average Bonchev–Trinajstić information content (AvgIpc) is 2.23. The van der Waals surface area contributed by atoms with Crippen LogP contribution in [0, 0.1) is 6.42 Å². The standard InChI is InChI=1S/C7H6Cl2NO2/c1-2-3-10-6(11)4(8)5(9)7(10)12/h2H,3H2,1H3. The first-order valence-corrected chi connectivity index (χ1v) is 4.04. The second kappa shape index (κ2) is 3.46. The Bertz CT molecular complexity index is 249. The first kappa shape index (κ1) is 9.55. The van der Waals surface area contributed by atoms with E-state index in [0.717, 1.165) is 4.90 Å². The van der Waals surface area contributed by atoms with Crippen molar-refractivity contribution in [1.82, 2.24) is 4.90 Å². The third-order valence-electron chi connectivity index (χ3n) is 1.42. The Hall–Kier alpha value is -0.540. The van der Waals surface area contributed by atoms with Crippen molar-refractivity contribution in [3.8, 4) is 0 Å². The summed E-state index contributed by atoms with van der Waals surface area (Å²) < 4.78 is 0. The summed E-state index contributed by atoms with van der Waals surface area (Å²) in [6.07, 6.45) is 1.68. The minimum Gasteiger partial charge on any atom is -0.272 e. The van der Waals surface area contributed by atoms with E-state index in [9.17, 15) is 9.59 Å². The van der Waals surface area contributed by atoms with E-state index in [0.29, 0.717) is 0 Å². The molecule has 0 aliphatic carbocycles. The number of amides is 2. The second-order valence-electron chi connectivity index (χ2n) is 2.26. The van der Waals surface area contributed by atoms with Gasteiger partial charge in [-0.3, -0.25) is 14.5 Å². The highest BCUT2D eigenvalue weighted by atomic mass is 35.5. The number of hydrogen-bond acceptors (Lipinski definition) is 2. The topological polar surface area (TPSA) is 37.4 Å². The van der Waals surface area contributed by atoms with Crippen LogP contribution in [-0.4, -0.2) is 23.3 Å². The molecule has 3 nitrogen and oxygen atoms in total. The van der Waals surface area contributed by atoms with E-state index >= 15 is 0 Å². The lowest BCUT2D eigenvalue weighted by Gasteiger charge is -2.11. The number of carbonyl (C=O) groups excluding carboxylic acids is 2. The average molecular weight is 207 g/mol. The molecule has 0 aromatic heterocycles. The van der Waals surface area contributed by atoms with Gasteiger partial charge in [-0.1, -0.05) is 30.1 Å². The van der Waals surface area contributed by atoms with Crippen molar-refractivity contribution < 1.29 is 9.59 Å². The lowest BCUT2D eigenvalue weighted by atomic mass is 10.4. The molecule has 0 bridgehead atoms. The normalized spacial score (nSPS) is 18.1. The molecule has 1 heterocycles. The van der Waals surface area contributed by atoms with Gasteiger partial charge in [-0.2, -0.15) is 0 Å². The number of hydrogen-bond donors (Lipinski definition) is 0. The number of nitrogens with zero attached hydrogens (tertiary/aromatic N) is 1. The fraction of sp³-hybridized carbons (Fsp3) is 0.286. The van der Waals surface area contributed by atoms with Crippen molar-refractivity contribution in [2.75, 3.05) is 6.54 Å². The highest BCUT2D eigenvalue weighted by Crippen LogP contribution is 2.26. The molecule has 2 amide bonds. The number of halogens is 2. The summed E-state index contributed by atoms with van der Waals surface area (Å²) in [6, 6.07) is 0. The van der Waals surface area contributed by atoms with Gasteiger partial charge < -0.3 is 0 Å². The largest absolute Gasteiger partial charge is 0.274 e. The quantitative estimate of drug-likeness (QED) is 0.639. The van der Waals surface area contributed by atoms with Crippen molar-refractivity contribution in [2.24, 2.45) is 0 Å². The molecule has 1 aliphatic heterocycles. The Labute approximate surface area is 79.9 Å². The Morgan fingerprint density at radius 3 is 2.00 bits per heavy atom. The van der Waals surface area contributed by atoms with Gasteiger partial charge in [0.25, 0.3) is 11.8 Å². The van der Waals surface area contributed by atoms with Gasteiger partial charge in [0, 0.05) is 6.54 Å². The van der Waals surface area contributed by atoms with Gasteiger partial charge in [0.2, 0.25) is 0 Å². The minimum absolute atomic E-state index is 0.191. The molecule has 0 aromatic carbocycles. The summed E-state index contributed by atoms with van der Waals surface area (Å²) in [5, 5.41) is -0.382.